The maximum Gasteiger partial charge on any atom is 1.00 e. The molecule has 0 aliphatic heterocycles. The molecular formula is C10H21N2NaO2S2. The molecule has 0 atom stereocenters. The molecule has 0 amide bonds. The third-order valence-corrected chi connectivity index (χ3v) is 2.34. The molecule has 96 valence electrons. The molecule has 7 heteroatoms. The van der Waals surface area contributed by atoms with Gasteiger partial charge in [0.15, 0.2) is 0 Å². The van der Waals surface area contributed by atoms with E-state index in [0.717, 1.165) is 12.8 Å². The van der Waals surface area contributed by atoms with Gasteiger partial charge in [0.25, 0.3) is 10.3 Å². The van der Waals surface area contributed by atoms with Crippen molar-refractivity contribution in [2.45, 2.75) is 45.1 Å². The first-order chi connectivity index (χ1) is 7.56. The zero-order chi connectivity index (χ0) is 12.4. The van der Waals surface area contributed by atoms with Crippen LogP contribution in [0.3, 0.4) is 0 Å². The zero-order valence-electron chi connectivity index (χ0n) is 11.6. The largest absolute Gasteiger partial charge is 1.00 e. The average molecular weight is 288 g/mol. The monoisotopic (exact) mass is 288 g/mol. The third kappa shape index (κ3) is 14.3. The smallest absolute Gasteiger partial charge is 1.00 e. The molecule has 0 aromatic rings. The molecule has 0 aromatic heterocycles. The van der Waals surface area contributed by atoms with Gasteiger partial charge in [0.05, 0.1) is 6.61 Å². The molecule has 0 unspecified atom stereocenters. The first-order valence-electron chi connectivity index (χ1n) is 5.44. The Morgan fingerprint density at radius 1 is 1.18 bits per heavy atom. The van der Waals surface area contributed by atoms with Crippen LogP contribution in [0.1, 0.15) is 40.5 Å². The van der Waals surface area contributed by atoms with Crippen molar-refractivity contribution in [2.75, 3.05) is 6.61 Å². The molecule has 1 aliphatic rings. The summed E-state index contributed by atoms with van der Waals surface area (Å²) >= 11 is 8.98. The Hall–Kier alpha value is 0.380. The quantitative estimate of drug-likeness (QED) is 0.500. The predicted molar refractivity (Wildman–Crippen MR) is 74.3 cm³/mol. The summed E-state index contributed by atoms with van der Waals surface area (Å²) in [5, 5.41) is 0.324. The number of hydrogen-bond donors (Lipinski definition) is 2. The number of ether oxygens (including phenoxy) is 2. The summed E-state index contributed by atoms with van der Waals surface area (Å²) in [7, 11) is 0. The van der Waals surface area contributed by atoms with E-state index in [1.54, 1.807) is 0 Å². The van der Waals surface area contributed by atoms with Crippen LogP contribution in [0.25, 0.3) is 0 Å². The van der Waals surface area contributed by atoms with Crippen LogP contribution in [0.4, 0.5) is 0 Å². The topological polar surface area (TPSA) is 70.5 Å². The van der Waals surface area contributed by atoms with Gasteiger partial charge in [0, 0.05) is 0 Å². The van der Waals surface area contributed by atoms with Gasteiger partial charge in [-0.05, 0) is 57.0 Å². The van der Waals surface area contributed by atoms with E-state index >= 15 is 0 Å². The molecular weight excluding hydrogens is 267 g/mol. The fraction of sp³-hybridized carbons (Fsp3) is 0.800. The summed E-state index contributed by atoms with van der Waals surface area (Å²) < 4.78 is 9.75. The van der Waals surface area contributed by atoms with Gasteiger partial charge in [0.1, 0.15) is 6.10 Å². The fourth-order valence-corrected chi connectivity index (χ4v) is 1.74. The molecule has 0 heterocycles. The summed E-state index contributed by atoms with van der Waals surface area (Å²) in [6.07, 6.45) is 6.40. The van der Waals surface area contributed by atoms with E-state index in [0.29, 0.717) is 12.7 Å². The van der Waals surface area contributed by atoms with E-state index in [1.165, 1.54) is 19.3 Å². The summed E-state index contributed by atoms with van der Waals surface area (Å²) in [4.78, 5) is 0. The van der Waals surface area contributed by atoms with Crippen molar-refractivity contribution in [2.24, 2.45) is 11.5 Å². The van der Waals surface area contributed by atoms with Crippen LogP contribution in [-0.2, 0) is 9.47 Å². The molecule has 17 heavy (non-hydrogen) atoms. The van der Waals surface area contributed by atoms with E-state index in [9.17, 15) is 0 Å². The Labute approximate surface area is 138 Å². The van der Waals surface area contributed by atoms with Gasteiger partial charge in [-0.25, -0.2) is 0 Å². The van der Waals surface area contributed by atoms with Gasteiger partial charge < -0.3 is 22.4 Å². The minimum absolute atomic E-state index is 0. The number of hydrogen-bond acceptors (Lipinski definition) is 4. The van der Waals surface area contributed by atoms with Crippen molar-refractivity contribution < 1.29 is 40.5 Å². The van der Waals surface area contributed by atoms with Gasteiger partial charge in [-0.1, -0.05) is 6.42 Å². The zero-order valence-corrected chi connectivity index (χ0v) is 14.2. The second kappa shape index (κ2) is 12.8. The summed E-state index contributed by atoms with van der Waals surface area (Å²) in [5.74, 6) is 0. The van der Waals surface area contributed by atoms with E-state index in [1.807, 2.05) is 6.92 Å². The van der Waals surface area contributed by atoms with Crippen LogP contribution >= 0.6 is 24.4 Å². The second-order valence-electron chi connectivity index (χ2n) is 3.45. The van der Waals surface area contributed by atoms with Gasteiger partial charge in [-0.2, -0.15) is 0 Å². The van der Waals surface area contributed by atoms with Crippen LogP contribution in [0.15, 0.2) is 0 Å². The standard InChI is InChI=1S/C7H13NOS.C3H7NOS.Na.H/c8-7(10)9-6-4-2-1-3-5-6;1-2-5-3(4)6;;/h6H,1-5H2,(H2,8,10);2H2,1H3,(H2,4,6);;/q;;+1;-1. The first-order valence-corrected chi connectivity index (χ1v) is 6.26. The molecule has 1 aliphatic carbocycles. The average Bonchev–Trinajstić information content (AvgIpc) is 2.18. The number of nitrogens with two attached hydrogens (primary N) is 2. The van der Waals surface area contributed by atoms with Crippen molar-refractivity contribution in [3.8, 4) is 0 Å². The Morgan fingerprint density at radius 3 is 2.00 bits per heavy atom. The van der Waals surface area contributed by atoms with E-state index in [4.69, 9.17) is 16.2 Å². The molecule has 4 nitrogen and oxygen atoms in total. The Bertz CT molecular complexity index is 230. The van der Waals surface area contributed by atoms with Crippen molar-refractivity contribution >= 4 is 34.8 Å². The van der Waals surface area contributed by atoms with Crippen molar-refractivity contribution in [1.29, 1.82) is 0 Å². The van der Waals surface area contributed by atoms with Gasteiger partial charge >= 0.3 is 29.6 Å². The Kier molecular flexibility index (Phi) is 14.9. The molecule has 0 bridgehead atoms. The number of rotatable bonds is 2. The maximum absolute atomic E-state index is 5.23. The third-order valence-electron chi connectivity index (χ3n) is 2.12. The van der Waals surface area contributed by atoms with Crippen molar-refractivity contribution in [3.05, 3.63) is 0 Å². The fourth-order valence-electron chi connectivity index (χ4n) is 1.49. The molecule has 0 radical (unpaired) electrons. The molecule has 1 saturated carbocycles. The minimum atomic E-state index is 0. The first kappa shape index (κ1) is 19.7. The normalized spacial score (nSPS) is 14.6. The predicted octanol–water partition coefficient (Wildman–Crippen LogP) is -1.04. The van der Waals surface area contributed by atoms with Gasteiger partial charge in [-0.3, -0.25) is 0 Å². The van der Waals surface area contributed by atoms with E-state index in [2.05, 4.69) is 29.2 Å². The van der Waals surface area contributed by atoms with Gasteiger partial charge in [0.2, 0.25) is 0 Å². The summed E-state index contributed by atoms with van der Waals surface area (Å²) in [5.41, 5.74) is 10.1. The summed E-state index contributed by atoms with van der Waals surface area (Å²) in [6, 6.07) is 0. The molecule has 1 fully saturated rings. The maximum atomic E-state index is 5.23. The van der Waals surface area contributed by atoms with Crippen LogP contribution in [0, 0.1) is 0 Å². The molecule has 4 N–H and O–H groups in total. The second-order valence-corrected chi connectivity index (χ2v) is 4.25. The summed E-state index contributed by atoms with van der Waals surface area (Å²) in [6.45, 7) is 2.40. The number of thiocarbonyl (C=S) groups is 2. The SMILES string of the molecule is CCOC(N)=S.NC(=S)OC1CCCCC1.[H-].[Na+]. The van der Waals surface area contributed by atoms with Gasteiger partial charge in [-0.15, -0.1) is 0 Å². The molecule has 0 saturated heterocycles. The van der Waals surface area contributed by atoms with Crippen LogP contribution in [0.2, 0.25) is 0 Å². The Balaban J connectivity index is -0.000000250. The molecule has 1 rings (SSSR count). The van der Waals surface area contributed by atoms with Crippen molar-refractivity contribution in [3.63, 3.8) is 0 Å². The minimum Gasteiger partial charge on any atom is -1.00 e. The van der Waals surface area contributed by atoms with E-state index < -0.39 is 0 Å². The van der Waals surface area contributed by atoms with Crippen LogP contribution < -0.4 is 41.0 Å². The van der Waals surface area contributed by atoms with Crippen molar-refractivity contribution in [1.82, 2.24) is 0 Å². The Morgan fingerprint density at radius 2 is 1.71 bits per heavy atom. The van der Waals surface area contributed by atoms with Crippen LogP contribution in [0.5, 0.6) is 0 Å². The molecule has 0 aromatic carbocycles. The van der Waals surface area contributed by atoms with E-state index in [-0.39, 0.29) is 41.3 Å². The van der Waals surface area contributed by atoms with Crippen LogP contribution in [-0.4, -0.2) is 23.1 Å². The molecule has 0 spiro atoms.